The second-order valence-electron chi connectivity index (χ2n) is 3.87. The van der Waals surface area contributed by atoms with Crippen molar-refractivity contribution in [3.8, 4) is 0 Å². The molecule has 0 saturated carbocycles. The van der Waals surface area contributed by atoms with Gasteiger partial charge in [-0.1, -0.05) is 0 Å². The van der Waals surface area contributed by atoms with Crippen molar-refractivity contribution in [2.24, 2.45) is 5.92 Å². The number of nitro groups is 1. The Morgan fingerprint density at radius 3 is 3.25 bits per heavy atom. The average Bonchev–Trinajstić information content (AvgIpc) is 2.79. The monoisotopic (exact) mass is 222 g/mol. The molecule has 0 bridgehead atoms. The van der Waals surface area contributed by atoms with Crippen LogP contribution in [0.5, 0.6) is 0 Å². The topological polar surface area (TPSA) is 80.1 Å². The molecule has 1 aliphatic rings. The minimum Gasteiger partial charge on any atom is -0.364 e. The van der Waals surface area contributed by atoms with Gasteiger partial charge in [-0.25, -0.2) is 4.98 Å². The molecule has 0 unspecified atom stereocenters. The fourth-order valence-electron chi connectivity index (χ4n) is 1.81. The largest absolute Gasteiger partial charge is 0.364 e. The molecule has 2 heterocycles. The Labute approximate surface area is 93.2 Å². The minimum absolute atomic E-state index is 0.0356. The molecular weight excluding hydrogens is 208 g/mol. The van der Waals surface area contributed by atoms with Gasteiger partial charge >= 0.3 is 5.69 Å². The Kier molecular flexibility index (Phi) is 3.31. The summed E-state index contributed by atoms with van der Waals surface area (Å²) in [6.45, 7) is 2.72. The van der Waals surface area contributed by atoms with Crippen LogP contribution in [-0.4, -0.2) is 29.5 Å². The number of nitrogens with zero attached hydrogens (tertiary/aromatic N) is 2. The van der Waals surface area contributed by atoms with Gasteiger partial charge in [-0.05, 0) is 31.5 Å². The van der Waals surface area contributed by atoms with E-state index in [9.17, 15) is 10.1 Å². The van der Waals surface area contributed by atoms with Crippen molar-refractivity contribution >= 4 is 11.5 Å². The maximum atomic E-state index is 10.7. The number of hydrogen-bond acceptors (Lipinski definition) is 5. The lowest BCUT2D eigenvalue weighted by Gasteiger charge is -2.10. The van der Waals surface area contributed by atoms with Crippen molar-refractivity contribution in [3.05, 3.63) is 28.4 Å². The van der Waals surface area contributed by atoms with Gasteiger partial charge in [-0.3, -0.25) is 10.1 Å². The fraction of sp³-hybridized carbons (Fsp3) is 0.500. The number of rotatable bonds is 4. The normalized spacial score (nSPS) is 19.6. The molecule has 1 fully saturated rings. The summed E-state index contributed by atoms with van der Waals surface area (Å²) in [5, 5.41) is 17.0. The Hall–Kier alpha value is -1.69. The lowest BCUT2D eigenvalue weighted by atomic mass is 10.1. The summed E-state index contributed by atoms with van der Waals surface area (Å²) in [6.07, 6.45) is 2.66. The lowest BCUT2D eigenvalue weighted by Crippen LogP contribution is -2.18. The van der Waals surface area contributed by atoms with Gasteiger partial charge in [0.1, 0.15) is 0 Å². The second kappa shape index (κ2) is 4.89. The van der Waals surface area contributed by atoms with E-state index in [-0.39, 0.29) is 5.69 Å². The average molecular weight is 222 g/mol. The lowest BCUT2D eigenvalue weighted by molar-refractivity contribution is -0.384. The predicted octanol–water partition coefficient (Wildman–Crippen LogP) is 1.01. The van der Waals surface area contributed by atoms with Gasteiger partial charge in [0.15, 0.2) is 0 Å². The number of nitrogens with one attached hydrogen (secondary N) is 2. The molecule has 2 N–H and O–H groups in total. The Morgan fingerprint density at radius 1 is 1.69 bits per heavy atom. The summed E-state index contributed by atoms with van der Waals surface area (Å²) in [7, 11) is 0. The molecule has 1 atom stereocenters. The Bertz CT molecular complexity index is 377. The molecule has 86 valence electrons. The predicted molar refractivity (Wildman–Crippen MR) is 60.4 cm³/mol. The van der Waals surface area contributed by atoms with Gasteiger partial charge in [0.25, 0.3) is 0 Å². The smallest absolute Gasteiger partial charge is 0.311 e. The fourth-order valence-corrected chi connectivity index (χ4v) is 1.81. The molecule has 0 aliphatic carbocycles. The Balaban J connectivity index is 2.00. The van der Waals surface area contributed by atoms with Crippen molar-refractivity contribution in [2.75, 3.05) is 25.0 Å². The van der Waals surface area contributed by atoms with E-state index < -0.39 is 4.92 Å². The number of pyridine rings is 1. The molecule has 0 amide bonds. The highest BCUT2D eigenvalue weighted by Gasteiger charge is 2.17. The molecule has 1 saturated heterocycles. The van der Waals surface area contributed by atoms with E-state index in [0.29, 0.717) is 11.7 Å². The summed E-state index contributed by atoms with van der Waals surface area (Å²) in [5.41, 5.74) is 0.0356. The number of aromatic nitrogens is 1. The molecule has 6 heteroatoms. The quantitative estimate of drug-likeness (QED) is 0.587. The molecule has 6 nitrogen and oxygen atoms in total. The maximum Gasteiger partial charge on any atom is 0.311 e. The molecular formula is C10H14N4O2. The van der Waals surface area contributed by atoms with Gasteiger partial charge in [0.2, 0.25) is 5.82 Å². The van der Waals surface area contributed by atoms with Crippen LogP contribution < -0.4 is 10.6 Å². The van der Waals surface area contributed by atoms with Crippen molar-refractivity contribution < 1.29 is 4.92 Å². The number of anilines is 1. The molecule has 0 aromatic carbocycles. The highest BCUT2D eigenvalue weighted by Crippen LogP contribution is 2.21. The van der Waals surface area contributed by atoms with E-state index >= 15 is 0 Å². The van der Waals surface area contributed by atoms with Crippen LogP contribution in [-0.2, 0) is 0 Å². The summed E-state index contributed by atoms with van der Waals surface area (Å²) < 4.78 is 0. The highest BCUT2D eigenvalue weighted by molar-refractivity contribution is 5.55. The Morgan fingerprint density at radius 2 is 2.56 bits per heavy atom. The van der Waals surface area contributed by atoms with Crippen molar-refractivity contribution in [1.29, 1.82) is 0 Å². The van der Waals surface area contributed by atoms with E-state index in [4.69, 9.17) is 0 Å². The van der Waals surface area contributed by atoms with Crippen LogP contribution in [0, 0.1) is 16.0 Å². The minimum atomic E-state index is -0.414. The van der Waals surface area contributed by atoms with Gasteiger partial charge in [0, 0.05) is 18.8 Å². The van der Waals surface area contributed by atoms with Gasteiger partial charge in [0.05, 0.1) is 4.92 Å². The molecule has 16 heavy (non-hydrogen) atoms. The summed E-state index contributed by atoms with van der Waals surface area (Å²) in [6, 6.07) is 3.03. The van der Waals surface area contributed by atoms with Crippen LogP contribution in [0.25, 0.3) is 0 Å². The SMILES string of the molecule is O=[N+]([O-])c1cccnc1NC[C@@H]1CCNC1. The third-order valence-corrected chi connectivity index (χ3v) is 2.70. The molecule has 1 aliphatic heterocycles. The zero-order valence-corrected chi connectivity index (χ0v) is 8.85. The maximum absolute atomic E-state index is 10.7. The van der Waals surface area contributed by atoms with Crippen molar-refractivity contribution in [3.63, 3.8) is 0 Å². The van der Waals surface area contributed by atoms with Crippen LogP contribution in [0.4, 0.5) is 11.5 Å². The van der Waals surface area contributed by atoms with Crippen LogP contribution >= 0.6 is 0 Å². The first kappa shape index (κ1) is 10.8. The third kappa shape index (κ3) is 2.46. The van der Waals surface area contributed by atoms with Crippen molar-refractivity contribution in [2.45, 2.75) is 6.42 Å². The zero-order chi connectivity index (χ0) is 11.4. The van der Waals surface area contributed by atoms with Gasteiger partial charge in [-0.2, -0.15) is 0 Å². The van der Waals surface area contributed by atoms with Crippen LogP contribution in [0.15, 0.2) is 18.3 Å². The molecule has 0 spiro atoms. The number of hydrogen-bond donors (Lipinski definition) is 2. The molecule has 1 aromatic rings. The van der Waals surface area contributed by atoms with E-state index in [1.165, 1.54) is 6.07 Å². The standard InChI is InChI=1S/C10H14N4O2/c15-14(16)9-2-1-4-12-10(9)13-7-8-3-5-11-6-8/h1-2,4,8,11H,3,5-7H2,(H,12,13)/t8-/m1/s1. The molecule has 1 aromatic heterocycles. The van der Waals surface area contributed by atoms with Crippen LogP contribution in [0.3, 0.4) is 0 Å². The van der Waals surface area contributed by atoms with Crippen LogP contribution in [0.2, 0.25) is 0 Å². The first-order chi connectivity index (χ1) is 7.77. The van der Waals surface area contributed by atoms with E-state index in [2.05, 4.69) is 15.6 Å². The van der Waals surface area contributed by atoms with Gasteiger partial charge < -0.3 is 10.6 Å². The zero-order valence-electron chi connectivity index (χ0n) is 8.85. The first-order valence-electron chi connectivity index (χ1n) is 5.31. The van der Waals surface area contributed by atoms with Crippen LogP contribution in [0.1, 0.15) is 6.42 Å². The second-order valence-corrected chi connectivity index (χ2v) is 3.87. The highest BCUT2D eigenvalue weighted by atomic mass is 16.6. The van der Waals surface area contributed by atoms with Crippen molar-refractivity contribution in [1.82, 2.24) is 10.3 Å². The van der Waals surface area contributed by atoms with Gasteiger partial charge in [-0.15, -0.1) is 0 Å². The van der Waals surface area contributed by atoms with E-state index in [1.54, 1.807) is 12.3 Å². The van der Waals surface area contributed by atoms with E-state index in [0.717, 1.165) is 26.1 Å². The van der Waals surface area contributed by atoms with E-state index in [1.807, 2.05) is 0 Å². The molecule has 2 rings (SSSR count). The first-order valence-corrected chi connectivity index (χ1v) is 5.31. The molecule has 0 radical (unpaired) electrons. The summed E-state index contributed by atoms with van der Waals surface area (Å²) >= 11 is 0. The summed E-state index contributed by atoms with van der Waals surface area (Å²) in [5.74, 6) is 0.890. The summed E-state index contributed by atoms with van der Waals surface area (Å²) in [4.78, 5) is 14.3. The third-order valence-electron chi connectivity index (χ3n) is 2.70.